The van der Waals surface area contributed by atoms with Gasteiger partial charge in [0.15, 0.2) is 0 Å². The molecule has 0 spiro atoms. The molecule has 1 aliphatic heterocycles. The van der Waals surface area contributed by atoms with Gasteiger partial charge in [0.1, 0.15) is 0 Å². The Morgan fingerprint density at radius 3 is 2.43 bits per heavy atom. The van der Waals surface area contributed by atoms with Gasteiger partial charge in [-0.3, -0.25) is 4.72 Å². The van der Waals surface area contributed by atoms with Crippen molar-refractivity contribution in [3.63, 3.8) is 0 Å². The molecule has 2 aromatic rings. The van der Waals surface area contributed by atoms with E-state index < -0.39 is 10.0 Å². The first-order valence-electron chi connectivity index (χ1n) is 8.00. The molecule has 1 aliphatic rings. The largest absolute Gasteiger partial charge is 0.370 e. The first-order chi connectivity index (χ1) is 11.1. The molecule has 122 valence electrons. The minimum Gasteiger partial charge on any atom is -0.370 e. The summed E-state index contributed by atoms with van der Waals surface area (Å²) in [5.41, 5.74) is 2.54. The monoisotopic (exact) mass is 330 g/mol. The number of piperidine rings is 1. The summed E-state index contributed by atoms with van der Waals surface area (Å²) in [4.78, 5) is 2.56. The number of hydrogen-bond acceptors (Lipinski definition) is 3. The Bertz CT molecular complexity index is 781. The van der Waals surface area contributed by atoms with Gasteiger partial charge < -0.3 is 4.90 Å². The maximum Gasteiger partial charge on any atom is 0.261 e. The number of hydrogen-bond donors (Lipinski definition) is 1. The number of aryl methyl sites for hydroxylation is 1. The molecule has 3 rings (SSSR count). The Morgan fingerprint density at radius 2 is 1.70 bits per heavy atom. The molecule has 0 unspecified atom stereocenters. The summed E-state index contributed by atoms with van der Waals surface area (Å²) >= 11 is 0. The van der Waals surface area contributed by atoms with Crippen LogP contribution in [0.5, 0.6) is 0 Å². The van der Waals surface area contributed by atoms with Crippen molar-refractivity contribution in [1.29, 1.82) is 0 Å². The highest BCUT2D eigenvalue weighted by molar-refractivity contribution is 7.92. The van der Waals surface area contributed by atoms with Crippen molar-refractivity contribution in [2.24, 2.45) is 0 Å². The molecule has 1 saturated heterocycles. The fraction of sp³-hybridized carbons (Fsp3) is 0.333. The highest BCUT2D eigenvalue weighted by Crippen LogP contribution is 2.30. The second-order valence-electron chi connectivity index (χ2n) is 5.99. The van der Waals surface area contributed by atoms with Crippen LogP contribution in [0.2, 0.25) is 0 Å². The lowest BCUT2D eigenvalue weighted by Crippen LogP contribution is -2.30. The lowest BCUT2D eigenvalue weighted by Gasteiger charge is -2.30. The van der Waals surface area contributed by atoms with E-state index >= 15 is 0 Å². The highest BCUT2D eigenvalue weighted by atomic mass is 32.2. The molecule has 0 radical (unpaired) electrons. The fourth-order valence-corrected chi connectivity index (χ4v) is 4.14. The number of benzene rings is 2. The summed E-state index contributed by atoms with van der Waals surface area (Å²) in [5, 5.41) is 0. The highest BCUT2D eigenvalue weighted by Gasteiger charge is 2.19. The van der Waals surface area contributed by atoms with E-state index in [1.165, 1.54) is 6.42 Å². The van der Waals surface area contributed by atoms with Gasteiger partial charge in [0.05, 0.1) is 16.3 Å². The van der Waals surface area contributed by atoms with Crippen LogP contribution in [0.25, 0.3) is 0 Å². The van der Waals surface area contributed by atoms with Crippen LogP contribution in [-0.2, 0) is 10.0 Å². The van der Waals surface area contributed by atoms with Crippen molar-refractivity contribution < 1.29 is 8.42 Å². The summed E-state index contributed by atoms with van der Waals surface area (Å²) in [7, 11) is -3.57. The van der Waals surface area contributed by atoms with Crippen molar-refractivity contribution in [2.75, 3.05) is 22.7 Å². The fourth-order valence-electron chi connectivity index (χ4n) is 2.96. The van der Waals surface area contributed by atoms with Gasteiger partial charge in [0.25, 0.3) is 10.0 Å². The summed E-state index contributed by atoms with van der Waals surface area (Å²) in [6.45, 7) is 3.84. The normalized spacial score (nSPS) is 15.4. The number of rotatable bonds is 4. The quantitative estimate of drug-likeness (QED) is 0.928. The Hall–Kier alpha value is -2.01. The van der Waals surface area contributed by atoms with Gasteiger partial charge in [0, 0.05) is 13.1 Å². The van der Waals surface area contributed by atoms with Crippen LogP contribution in [0.1, 0.15) is 24.8 Å². The minimum absolute atomic E-state index is 0.297. The Balaban J connectivity index is 1.90. The number of sulfonamides is 1. The van der Waals surface area contributed by atoms with Gasteiger partial charge in [-0.15, -0.1) is 0 Å². The molecule has 0 saturated carbocycles. The summed E-state index contributed by atoms with van der Waals surface area (Å²) in [6, 6.07) is 14.6. The predicted octanol–water partition coefficient (Wildman–Crippen LogP) is 3.79. The van der Waals surface area contributed by atoms with E-state index in [1.54, 1.807) is 18.2 Å². The maximum absolute atomic E-state index is 12.7. The van der Waals surface area contributed by atoms with Crippen molar-refractivity contribution in [3.05, 3.63) is 54.1 Å². The average molecular weight is 330 g/mol. The Labute approximate surface area is 138 Å². The van der Waals surface area contributed by atoms with E-state index in [1.807, 2.05) is 37.3 Å². The zero-order valence-electron chi connectivity index (χ0n) is 13.3. The van der Waals surface area contributed by atoms with Gasteiger partial charge >= 0.3 is 0 Å². The van der Waals surface area contributed by atoms with Crippen LogP contribution in [-0.4, -0.2) is 21.5 Å². The van der Waals surface area contributed by atoms with E-state index in [0.29, 0.717) is 10.6 Å². The van der Waals surface area contributed by atoms with Crippen LogP contribution < -0.4 is 9.62 Å². The lowest BCUT2D eigenvalue weighted by atomic mass is 10.1. The molecule has 5 heteroatoms. The number of para-hydroxylation sites is 2. The summed E-state index contributed by atoms with van der Waals surface area (Å²) < 4.78 is 28.1. The molecular formula is C18H22N2O2S. The molecule has 0 aliphatic carbocycles. The van der Waals surface area contributed by atoms with Gasteiger partial charge in [-0.25, -0.2) is 8.42 Å². The van der Waals surface area contributed by atoms with Crippen molar-refractivity contribution in [3.8, 4) is 0 Å². The first kappa shape index (κ1) is 15.9. The molecule has 0 bridgehead atoms. The minimum atomic E-state index is -3.57. The molecule has 1 heterocycles. The molecule has 1 N–H and O–H groups in total. The molecule has 4 nitrogen and oxygen atoms in total. The molecule has 0 amide bonds. The van der Waals surface area contributed by atoms with E-state index in [9.17, 15) is 8.42 Å². The SMILES string of the molecule is Cc1cccc(S(=O)(=O)Nc2ccccc2N2CCCCC2)c1. The van der Waals surface area contributed by atoms with E-state index in [2.05, 4.69) is 9.62 Å². The second-order valence-corrected chi connectivity index (χ2v) is 7.67. The Morgan fingerprint density at radius 1 is 0.957 bits per heavy atom. The third kappa shape index (κ3) is 3.67. The number of nitrogens with one attached hydrogen (secondary N) is 1. The van der Waals surface area contributed by atoms with Gasteiger partial charge in [-0.05, 0) is 56.0 Å². The number of anilines is 2. The summed E-state index contributed by atoms with van der Waals surface area (Å²) in [6.07, 6.45) is 3.55. The first-order valence-corrected chi connectivity index (χ1v) is 9.48. The topological polar surface area (TPSA) is 49.4 Å². The second kappa shape index (κ2) is 6.62. The van der Waals surface area contributed by atoms with E-state index in [-0.39, 0.29) is 0 Å². The third-order valence-electron chi connectivity index (χ3n) is 4.14. The van der Waals surface area contributed by atoms with E-state index in [4.69, 9.17) is 0 Å². The number of nitrogens with zero attached hydrogens (tertiary/aromatic N) is 1. The molecule has 23 heavy (non-hydrogen) atoms. The van der Waals surface area contributed by atoms with E-state index in [0.717, 1.165) is 37.2 Å². The third-order valence-corrected chi connectivity index (χ3v) is 5.51. The van der Waals surface area contributed by atoms with Crippen LogP contribution in [0.15, 0.2) is 53.4 Å². The molecule has 0 atom stereocenters. The lowest BCUT2D eigenvalue weighted by molar-refractivity contribution is 0.578. The van der Waals surface area contributed by atoms with Crippen LogP contribution in [0.3, 0.4) is 0 Å². The van der Waals surface area contributed by atoms with Crippen molar-refractivity contribution >= 4 is 21.4 Å². The van der Waals surface area contributed by atoms with Gasteiger partial charge in [-0.1, -0.05) is 24.3 Å². The molecule has 0 aromatic heterocycles. The van der Waals surface area contributed by atoms with Crippen molar-refractivity contribution in [2.45, 2.75) is 31.1 Å². The maximum atomic E-state index is 12.7. The Kier molecular flexibility index (Phi) is 4.57. The molecule has 1 fully saturated rings. The summed E-state index contributed by atoms with van der Waals surface area (Å²) in [5.74, 6) is 0. The smallest absolute Gasteiger partial charge is 0.261 e. The van der Waals surface area contributed by atoms with Gasteiger partial charge in [-0.2, -0.15) is 0 Å². The van der Waals surface area contributed by atoms with Crippen LogP contribution in [0.4, 0.5) is 11.4 Å². The standard InChI is InChI=1S/C18H22N2O2S/c1-15-8-7-9-16(14-15)23(21,22)19-17-10-3-4-11-18(17)20-12-5-2-6-13-20/h3-4,7-11,14,19H,2,5-6,12-13H2,1H3. The average Bonchev–Trinajstić information content (AvgIpc) is 2.56. The van der Waals surface area contributed by atoms with Crippen LogP contribution in [0, 0.1) is 6.92 Å². The van der Waals surface area contributed by atoms with Crippen LogP contribution >= 0.6 is 0 Å². The molecular weight excluding hydrogens is 308 g/mol. The zero-order valence-corrected chi connectivity index (χ0v) is 14.1. The molecule has 2 aromatic carbocycles. The zero-order chi connectivity index (χ0) is 16.3. The predicted molar refractivity (Wildman–Crippen MR) is 94.5 cm³/mol. The van der Waals surface area contributed by atoms with Crippen molar-refractivity contribution in [1.82, 2.24) is 0 Å². The van der Waals surface area contributed by atoms with Gasteiger partial charge in [0.2, 0.25) is 0 Å².